The van der Waals surface area contributed by atoms with E-state index in [0.717, 1.165) is 12.2 Å². The molecule has 0 aromatic heterocycles. The van der Waals surface area contributed by atoms with Gasteiger partial charge in [-0.1, -0.05) is 6.92 Å². The van der Waals surface area contributed by atoms with Crippen LogP contribution in [0.25, 0.3) is 0 Å². The summed E-state index contributed by atoms with van der Waals surface area (Å²) in [4.78, 5) is 22.0. The number of carbonyl (C=O) groups is 2. The number of rotatable bonds is 6. The van der Waals surface area contributed by atoms with Gasteiger partial charge in [0.15, 0.2) is 0 Å². The molecule has 1 fully saturated rings. The van der Waals surface area contributed by atoms with Crippen molar-refractivity contribution in [2.24, 2.45) is 5.92 Å². The lowest BCUT2D eigenvalue weighted by Gasteiger charge is -2.23. The molecule has 3 N–H and O–H groups in total. The largest absolute Gasteiger partial charge is 0.481 e. The van der Waals surface area contributed by atoms with E-state index in [1.165, 1.54) is 6.42 Å². The van der Waals surface area contributed by atoms with Crippen LogP contribution in [-0.2, 0) is 4.79 Å². The fraction of sp³-hybridized carbons (Fsp3) is 0.833. The molecule has 2 unspecified atom stereocenters. The maximum Gasteiger partial charge on any atom is 0.314 e. The summed E-state index contributed by atoms with van der Waals surface area (Å²) in [6.07, 6.45) is 2.42. The number of aliphatic carboxylic acids is 1. The maximum absolute atomic E-state index is 11.6. The molecular weight excluding hydrogens is 252 g/mol. The normalized spacial score (nSPS) is 24.6. The van der Waals surface area contributed by atoms with Crippen molar-refractivity contribution < 1.29 is 14.7 Å². The Morgan fingerprint density at radius 1 is 1.44 bits per heavy atom. The Balaban J connectivity index is 2.15. The molecule has 1 aliphatic rings. The molecule has 0 aromatic rings. The van der Waals surface area contributed by atoms with Crippen LogP contribution in [0, 0.1) is 5.92 Å². The zero-order valence-corrected chi connectivity index (χ0v) is 11.8. The van der Waals surface area contributed by atoms with E-state index in [0.29, 0.717) is 13.1 Å². The number of nitrogens with one attached hydrogen (secondary N) is 2. The first-order valence-electron chi connectivity index (χ1n) is 6.29. The van der Waals surface area contributed by atoms with Crippen LogP contribution in [0.2, 0.25) is 0 Å². The van der Waals surface area contributed by atoms with Crippen LogP contribution >= 0.6 is 11.8 Å². The summed E-state index contributed by atoms with van der Waals surface area (Å²) >= 11 is 1.90. The highest BCUT2D eigenvalue weighted by atomic mass is 32.2. The second kappa shape index (κ2) is 6.87. The zero-order chi connectivity index (χ0) is 13.6. The highest BCUT2D eigenvalue weighted by Gasteiger charge is 2.29. The summed E-state index contributed by atoms with van der Waals surface area (Å²) in [5, 5.41) is 14.2. The lowest BCUT2D eigenvalue weighted by atomic mass is 10.1. The number of carboxylic acid groups (broad SMARTS) is 1. The van der Waals surface area contributed by atoms with E-state index < -0.39 is 5.97 Å². The first-order chi connectivity index (χ1) is 8.41. The standard InChI is InChI=1S/C12H22N2O3S/c1-9(6-10(15)16)7-13-11(17)14-8-12(2)4-3-5-18-12/h9H,3-8H2,1-2H3,(H,15,16)(H2,13,14,17). The van der Waals surface area contributed by atoms with Gasteiger partial charge in [-0.25, -0.2) is 4.79 Å². The molecule has 1 saturated heterocycles. The van der Waals surface area contributed by atoms with Gasteiger partial charge in [-0.3, -0.25) is 4.79 Å². The van der Waals surface area contributed by atoms with Gasteiger partial charge in [0.25, 0.3) is 0 Å². The first kappa shape index (κ1) is 15.1. The second-order valence-electron chi connectivity index (χ2n) is 5.17. The average Bonchev–Trinajstić information content (AvgIpc) is 2.70. The number of urea groups is 1. The van der Waals surface area contributed by atoms with Gasteiger partial charge in [0.1, 0.15) is 0 Å². The molecule has 18 heavy (non-hydrogen) atoms. The van der Waals surface area contributed by atoms with Crippen molar-refractivity contribution in [2.45, 2.75) is 37.9 Å². The van der Waals surface area contributed by atoms with E-state index in [1.807, 2.05) is 18.7 Å². The van der Waals surface area contributed by atoms with E-state index in [4.69, 9.17) is 5.11 Å². The van der Waals surface area contributed by atoms with Crippen LogP contribution in [0.1, 0.15) is 33.1 Å². The summed E-state index contributed by atoms with van der Waals surface area (Å²) in [5.74, 6) is 0.277. The zero-order valence-electron chi connectivity index (χ0n) is 11.0. The summed E-state index contributed by atoms with van der Waals surface area (Å²) in [6.45, 7) is 5.03. The molecule has 1 aliphatic heterocycles. The lowest BCUT2D eigenvalue weighted by Crippen LogP contribution is -2.43. The molecule has 5 nitrogen and oxygen atoms in total. The molecule has 0 bridgehead atoms. The molecule has 1 heterocycles. The molecular formula is C12H22N2O3S. The third kappa shape index (κ3) is 5.62. The van der Waals surface area contributed by atoms with Gasteiger partial charge in [0.05, 0.1) is 0 Å². The van der Waals surface area contributed by atoms with Crippen LogP contribution in [0.15, 0.2) is 0 Å². The predicted molar refractivity (Wildman–Crippen MR) is 72.9 cm³/mol. The van der Waals surface area contributed by atoms with Crippen LogP contribution in [-0.4, -0.2) is 40.7 Å². The second-order valence-corrected chi connectivity index (χ2v) is 6.85. The van der Waals surface area contributed by atoms with Crippen LogP contribution < -0.4 is 10.6 Å². The van der Waals surface area contributed by atoms with E-state index in [9.17, 15) is 9.59 Å². The molecule has 2 atom stereocenters. The summed E-state index contributed by atoms with van der Waals surface area (Å²) in [6, 6.07) is -0.207. The highest BCUT2D eigenvalue weighted by molar-refractivity contribution is 8.00. The van der Waals surface area contributed by atoms with Gasteiger partial charge in [-0.2, -0.15) is 11.8 Å². The molecule has 0 radical (unpaired) electrons. The minimum absolute atomic E-state index is 0.0512. The van der Waals surface area contributed by atoms with E-state index >= 15 is 0 Å². The Bertz CT molecular complexity index is 304. The summed E-state index contributed by atoms with van der Waals surface area (Å²) < 4.78 is 0.157. The number of thioether (sulfide) groups is 1. The molecule has 0 aliphatic carbocycles. The third-order valence-electron chi connectivity index (χ3n) is 3.06. The van der Waals surface area contributed by atoms with E-state index in [2.05, 4.69) is 17.6 Å². The Morgan fingerprint density at radius 3 is 2.72 bits per heavy atom. The fourth-order valence-electron chi connectivity index (χ4n) is 1.94. The van der Waals surface area contributed by atoms with Gasteiger partial charge >= 0.3 is 12.0 Å². The van der Waals surface area contributed by atoms with Crippen molar-refractivity contribution in [3.8, 4) is 0 Å². The quantitative estimate of drug-likeness (QED) is 0.688. The van der Waals surface area contributed by atoms with Crippen molar-refractivity contribution in [1.82, 2.24) is 10.6 Å². The molecule has 104 valence electrons. The van der Waals surface area contributed by atoms with Gasteiger partial charge in [0.2, 0.25) is 0 Å². The predicted octanol–water partition coefficient (Wildman–Crippen LogP) is 1.68. The molecule has 0 spiro atoms. The minimum Gasteiger partial charge on any atom is -0.481 e. The molecule has 1 rings (SSSR count). The van der Waals surface area contributed by atoms with Gasteiger partial charge < -0.3 is 15.7 Å². The van der Waals surface area contributed by atoms with Crippen LogP contribution in [0.4, 0.5) is 4.79 Å². The Morgan fingerprint density at radius 2 is 2.17 bits per heavy atom. The smallest absolute Gasteiger partial charge is 0.314 e. The average molecular weight is 274 g/mol. The topological polar surface area (TPSA) is 78.4 Å². The number of amides is 2. The minimum atomic E-state index is -0.834. The van der Waals surface area contributed by atoms with Crippen LogP contribution in [0.5, 0.6) is 0 Å². The van der Waals surface area contributed by atoms with Gasteiger partial charge in [-0.15, -0.1) is 0 Å². The maximum atomic E-state index is 11.6. The Labute approximate surface area is 112 Å². The number of carboxylic acids is 1. The monoisotopic (exact) mass is 274 g/mol. The third-order valence-corrected chi connectivity index (χ3v) is 4.60. The van der Waals surface area contributed by atoms with E-state index in [-0.39, 0.29) is 23.1 Å². The van der Waals surface area contributed by atoms with Gasteiger partial charge in [-0.05, 0) is 31.4 Å². The van der Waals surface area contributed by atoms with Crippen molar-refractivity contribution in [2.75, 3.05) is 18.8 Å². The van der Waals surface area contributed by atoms with Crippen molar-refractivity contribution >= 4 is 23.8 Å². The van der Waals surface area contributed by atoms with Crippen LogP contribution in [0.3, 0.4) is 0 Å². The fourth-order valence-corrected chi connectivity index (χ4v) is 3.19. The van der Waals surface area contributed by atoms with Gasteiger partial charge in [0, 0.05) is 24.3 Å². The lowest BCUT2D eigenvalue weighted by molar-refractivity contribution is -0.137. The molecule has 2 amide bonds. The summed E-state index contributed by atoms with van der Waals surface area (Å²) in [5.41, 5.74) is 0. The molecule has 0 saturated carbocycles. The molecule has 0 aromatic carbocycles. The molecule has 6 heteroatoms. The number of carbonyl (C=O) groups excluding carboxylic acids is 1. The SMILES string of the molecule is CC(CNC(=O)NCC1(C)CCCS1)CC(=O)O. The first-order valence-corrected chi connectivity index (χ1v) is 7.27. The number of hydrogen-bond acceptors (Lipinski definition) is 3. The highest BCUT2D eigenvalue weighted by Crippen LogP contribution is 2.36. The Hall–Kier alpha value is -0.910. The van der Waals surface area contributed by atoms with E-state index in [1.54, 1.807) is 0 Å². The summed E-state index contributed by atoms with van der Waals surface area (Å²) in [7, 11) is 0. The Kier molecular flexibility index (Phi) is 5.78. The van der Waals surface area contributed by atoms with Crippen molar-refractivity contribution in [3.63, 3.8) is 0 Å². The van der Waals surface area contributed by atoms with Crippen molar-refractivity contribution in [1.29, 1.82) is 0 Å². The number of hydrogen-bond donors (Lipinski definition) is 3. The van der Waals surface area contributed by atoms with Crippen molar-refractivity contribution in [3.05, 3.63) is 0 Å².